The molecule has 0 heterocycles. The molecule has 2 amide bonds. The molecule has 7 nitrogen and oxygen atoms in total. The number of rotatable bonds is 12. The Bertz CT molecular complexity index is 1410. The van der Waals surface area contributed by atoms with Gasteiger partial charge < -0.3 is 10.2 Å². The lowest BCUT2D eigenvalue weighted by Gasteiger charge is -2.32. The molecule has 3 aromatic rings. The van der Waals surface area contributed by atoms with Gasteiger partial charge in [-0.2, -0.15) is 0 Å². The van der Waals surface area contributed by atoms with Crippen molar-refractivity contribution < 1.29 is 18.0 Å². The first-order valence-corrected chi connectivity index (χ1v) is 15.2. The molecular formula is C31H38ClN3O4S. The molecule has 0 spiro atoms. The molecule has 0 radical (unpaired) electrons. The van der Waals surface area contributed by atoms with E-state index in [1.165, 1.54) is 17.0 Å². The summed E-state index contributed by atoms with van der Waals surface area (Å²) < 4.78 is 28.9. The van der Waals surface area contributed by atoms with Gasteiger partial charge in [-0.1, -0.05) is 72.6 Å². The van der Waals surface area contributed by atoms with Gasteiger partial charge >= 0.3 is 0 Å². The summed E-state index contributed by atoms with van der Waals surface area (Å²) in [5.41, 5.74) is 2.96. The van der Waals surface area contributed by atoms with E-state index < -0.39 is 28.5 Å². The fourth-order valence-corrected chi connectivity index (χ4v) is 5.72. The minimum Gasteiger partial charge on any atom is -0.352 e. The Morgan fingerprint density at radius 3 is 2.20 bits per heavy atom. The van der Waals surface area contributed by atoms with Crippen LogP contribution in [0.3, 0.4) is 0 Å². The van der Waals surface area contributed by atoms with Crippen LogP contribution in [0.25, 0.3) is 0 Å². The van der Waals surface area contributed by atoms with Gasteiger partial charge in [0.2, 0.25) is 11.8 Å². The second-order valence-corrected chi connectivity index (χ2v) is 12.3. The number of nitrogens with zero attached hydrogens (tertiary/aromatic N) is 2. The standard InChI is InChI=1S/C31H38ClN3O4S/c1-6-24(4)33-31(37)25(5)34(19-18-26-10-8-7-9-11-26)30(36)21-35(27-15-14-23(3)29(32)20-27)40(38,39)28-16-12-22(2)13-17-28/h7-17,20,24-25H,6,18-19,21H2,1-5H3,(H,33,37)/t24-,25+/m0/s1. The molecule has 0 aliphatic rings. The Morgan fingerprint density at radius 2 is 1.60 bits per heavy atom. The van der Waals surface area contributed by atoms with Gasteiger partial charge in [0, 0.05) is 17.6 Å². The van der Waals surface area contributed by atoms with Crippen molar-refractivity contribution in [3.8, 4) is 0 Å². The van der Waals surface area contributed by atoms with Gasteiger partial charge in [-0.25, -0.2) is 8.42 Å². The number of anilines is 1. The minimum atomic E-state index is -4.14. The van der Waals surface area contributed by atoms with Crippen LogP contribution < -0.4 is 9.62 Å². The van der Waals surface area contributed by atoms with E-state index in [-0.39, 0.29) is 29.1 Å². The Balaban J connectivity index is 2.00. The second-order valence-electron chi connectivity index (χ2n) is 10.1. The summed E-state index contributed by atoms with van der Waals surface area (Å²) in [5.74, 6) is -0.780. The van der Waals surface area contributed by atoms with E-state index in [2.05, 4.69) is 5.32 Å². The molecule has 0 saturated carbocycles. The Labute approximate surface area is 243 Å². The Morgan fingerprint density at radius 1 is 0.950 bits per heavy atom. The third-order valence-corrected chi connectivity index (χ3v) is 9.18. The smallest absolute Gasteiger partial charge is 0.264 e. The van der Waals surface area contributed by atoms with Crippen LogP contribution in [0.2, 0.25) is 5.02 Å². The molecule has 3 aromatic carbocycles. The second kappa shape index (κ2) is 13.8. The van der Waals surface area contributed by atoms with Gasteiger partial charge in [-0.15, -0.1) is 0 Å². The predicted octanol–water partition coefficient (Wildman–Crippen LogP) is 5.53. The number of halogens is 1. The third kappa shape index (κ3) is 7.86. The number of carbonyl (C=O) groups excluding carboxylic acids is 2. The summed E-state index contributed by atoms with van der Waals surface area (Å²) >= 11 is 6.38. The van der Waals surface area contributed by atoms with E-state index in [0.29, 0.717) is 11.4 Å². The summed E-state index contributed by atoms with van der Waals surface area (Å²) in [6.45, 7) is 8.97. The molecule has 0 fully saturated rings. The van der Waals surface area contributed by atoms with Crippen LogP contribution in [-0.2, 0) is 26.0 Å². The van der Waals surface area contributed by atoms with E-state index in [1.807, 2.05) is 58.0 Å². The van der Waals surface area contributed by atoms with Gasteiger partial charge in [0.15, 0.2) is 0 Å². The molecule has 2 atom stereocenters. The van der Waals surface area contributed by atoms with Crippen molar-refractivity contribution in [3.63, 3.8) is 0 Å². The van der Waals surface area contributed by atoms with E-state index >= 15 is 0 Å². The lowest BCUT2D eigenvalue weighted by molar-refractivity contribution is -0.139. The van der Waals surface area contributed by atoms with E-state index in [0.717, 1.165) is 27.4 Å². The summed E-state index contributed by atoms with van der Waals surface area (Å²) in [6, 6.07) is 20.1. The van der Waals surface area contributed by atoms with Crippen LogP contribution in [0.4, 0.5) is 5.69 Å². The van der Waals surface area contributed by atoms with Crippen molar-refractivity contribution in [1.29, 1.82) is 0 Å². The lowest BCUT2D eigenvalue weighted by atomic mass is 10.1. The van der Waals surface area contributed by atoms with Crippen LogP contribution >= 0.6 is 11.6 Å². The third-order valence-electron chi connectivity index (χ3n) is 6.98. The fraction of sp³-hybridized carbons (Fsp3) is 0.355. The Hall–Kier alpha value is -3.36. The van der Waals surface area contributed by atoms with E-state index in [1.54, 1.807) is 37.3 Å². The van der Waals surface area contributed by atoms with Gasteiger partial charge in [0.05, 0.1) is 10.6 Å². The van der Waals surface area contributed by atoms with Gasteiger partial charge in [-0.3, -0.25) is 13.9 Å². The maximum Gasteiger partial charge on any atom is 0.264 e. The van der Waals surface area contributed by atoms with Gasteiger partial charge in [0.1, 0.15) is 12.6 Å². The molecule has 0 aliphatic heterocycles. The number of sulfonamides is 1. The zero-order valence-electron chi connectivity index (χ0n) is 23.7. The highest BCUT2D eigenvalue weighted by Crippen LogP contribution is 2.28. The highest BCUT2D eigenvalue weighted by Gasteiger charge is 2.32. The van der Waals surface area contributed by atoms with Gasteiger partial charge in [-0.05, 0) is 75.9 Å². The highest BCUT2D eigenvalue weighted by atomic mass is 35.5. The first-order valence-electron chi connectivity index (χ1n) is 13.4. The van der Waals surface area contributed by atoms with Crippen LogP contribution in [0, 0.1) is 13.8 Å². The minimum absolute atomic E-state index is 0.0565. The zero-order valence-corrected chi connectivity index (χ0v) is 25.3. The Kier molecular flexibility index (Phi) is 10.8. The molecule has 3 rings (SSSR count). The number of nitrogens with one attached hydrogen (secondary N) is 1. The molecule has 0 bridgehead atoms. The van der Waals surface area contributed by atoms with Crippen molar-refractivity contribution in [2.24, 2.45) is 0 Å². The number of benzene rings is 3. The van der Waals surface area contributed by atoms with Crippen molar-refractivity contribution >= 4 is 39.1 Å². The average Bonchev–Trinajstić information content (AvgIpc) is 2.93. The number of amides is 2. The summed E-state index contributed by atoms with van der Waals surface area (Å²) in [5, 5.41) is 3.33. The SMILES string of the molecule is CC[C@H](C)NC(=O)[C@@H](C)N(CCc1ccccc1)C(=O)CN(c1ccc(C)c(Cl)c1)S(=O)(=O)c1ccc(C)cc1. The topological polar surface area (TPSA) is 86.8 Å². The number of hydrogen-bond donors (Lipinski definition) is 1. The van der Waals surface area contributed by atoms with Crippen molar-refractivity contribution in [1.82, 2.24) is 10.2 Å². The molecule has 0 unspecified atom stereocenters. The molecule has 40 heavy (non-hydrogen) atoms. The molecule has 214 valence electrons. The fourth-order valence-electron chi connectivity index (χ4n) is 4.14. The summed E-state index contributed by atoms with van der Waals surface area (Å²) in [4.78, 5) is 28.6. The van der Waals surface area contributed by atoms with Crippen molar-refractivity contribution in [2.75, 3.05) is 17.4 Å². The maximum atomic E-state index is 13.9. The largest absolute Gasteiger partial charge is 0.352 e. The van der Waals surface area contributed by atoms with Crippen molar-refractivity contribution in [3.05, 3.63) is 94.5 Å². The predicted molar refractivity (Wildman–Crippen MR) is 161 cm³/mol. The lowest BCUT2D eigenvalue weighted by Crippen LogP contribution is -2.53. The quantitative estimate of drug-likeness (QED) is 0.304. The van der Waals surface area contributed by atoms with Gasteiger partial charge in [0.25, 0.3) is 10.0 Å². The summed E-state index contributed by atoms with van der Waals surface area (Å²) in [7, 11) is -4.14. The van der Waals surface area contributed by atoms with E-state index in [4.69, 9.17) is 11.6 Å². The van der Waals surface area contributed by atoms with Crippen LogP contribution in [0.5, 0.6) is 0 Å². The molecule has 0 saturated heterocycles. The van der Waals surface area contributed by atoms with Crippen LogP contribution in [0.15, 0.2) is 77.7 Å². The first-order chi connectivity index (χ1) is 18.9. The molecule has 0 aliphatic carbocycles. The zero-order chi connectivity index (χ0) is 29.4. The first kappa shape index (κ1) is 31.2. The number of hydrogen-bond acceptors (Lipinski definition) is 4. The molecule has 1 N–H and O–H groups in total. The monoisotopic (exact) mass is 583 g/mol. The van der Waals surface area contributed by atoms with E-state index in [9.17, 15) is 18.0 Å². The number of aryl methyl sites for hydroxylation is 2. The van der Waals surface area contributed by atoms with Crippen molar-refractivity contribution in [2.45, 2.75) is 64.4 Å². The molecular weight excluding hydrogens is 546 g/mol. The maximum absolute atomic E-state index is 13.9. The number of carbonyl (C=O) groups is 2. The normalized spacial score (nSPS) is 12.8. The van der Waals surface area contributed by atoms with Crippen LogP contribution in [-0.4, -0.2) is 50.3 Å². The molecule has 0 aromatic heterocycles. The highest BCUT2D eigenvalue weighted by molar-refractivity contribution is 7.92. The van der Waals surface area contributed by atoms with Crippen LogP contribution in [0.1, 0.15) is 43.9 Å². The molecule has 9 heteroatoms. The average molecular weight is 584 g/mol. The summed E-state index contributed by atoms with van der Waals surface area (Å²) in [6.07, 6.45) is 1.25.